The van der Waals surface area contributed by atoms with Crippen molar-refractivity contribution < 1.29 is 0 Å². The van der Waals surface area contributed by atoms with Crippen molar-refractivity contribution in [1.82, 2.24) is 9.13 Å². The molecule has 0 aromatic heterocycles. The molecule has 1 rings (SSSR count). The fourth-order valence-corrected chi connectivity index (χ4v) is 4.15. The average Bonchev–Trinajstić information content (AvgIpc) is 2.12. The molecule has 0 N–H and O–H groups in total. The standard InChI is InChI=1S/C10H24N2Si/c1-4-7-8-10-11(6-3)13-12(10)9-5-2/h10H,4-9,13H2,1-3H3. The Bertz CT molecular complexity index is 141. The van der Waals surface area contributed by atoms with Crippen molar-refractivity contribution in [1.29, 1.82) is 0 Å². The minimum atomic E-state index is 0.0132. The molecule has 1 saturated heterocycles. The van der Waals surface area contributed by atoms with Crippen LogP contribution in [0.4, 0.5) is 0 Å². The van der Waals surface area contributed by atoms with Gasteiger partial charge in [0.1, 0.15) is 0 Å². The molecule has 78 valence electrons. The van der Waals surface area contributed by atoms with Crippen molar-refractivity contribution in [3.05, 3.63) is 0 Å². The normalized spacial score (nSPS) is 26.5. The third-order valence-corrected chi connectivity index (χ3v) is 5.27. The Labute approximate surface area is 85.3 Å². The van der Waals surface area contributed by atoms with Gasteiger partial charge in [0.15, 0.2) is 9.84 Å². The van der Waals surface area contributed by atoms with Gasteiger partial charge in [-0.3, -0.25) is 0 Å². The largest absolute Gasteiger partial charge is 0.302 e. The van der Waals surface area contributed by atoms with Gasteiger partial charge in [-0.1, -0.05) is 33.6 Å². The van der Waals surface area contributed by atoms with Crippen LogP contribution >= 0.6 is 0 Å². The molecule has 2 nitrogen and oxygen atoms in total. The molecule has 0 aliphatic carbocycles. The van der Waals surface area contributed by atoms with Crippen molar-refractivity contribution >= 4 is 9.84 Å². The van der Waals surface area contributed by atoms with Gasteiger partial charge in [0.05, 0.1) is 6.17 Å². The van der Waals surface area contributed by atoms with Crippen LogP contribution in [0.25, 0.3) is 0 Å². The first-order valence-corrected chi connectivity index (χ1v) is 7.08. The van der Waals surface area contributed by atoms with Gasteiger partial charge in [-0.25, -0.2) is 0 Å². The van der Waals surface area contributed by atoms with E-state index >= 15 is 0 Å². The van der Waals surface area contributed by atoms with E-state index in [9.17, 15) is 0 Å². The Morgan fingerprint density at radius 1 is 1.08 bits per heavy atom. The second-order valence-electron chi connectivity index (χ2n) is 3.98. The summed E-state index contributed by atoms with van der Waals surface area (Å²) in [5.41, 5.74) is 0. The summed E-state index contributed by atoms with van der Waals surface area (Å²) in [4.78, 5) is 0. The second-order valence-corrected chi connectivity index (χ2v) is 5.89. The highest BCUT2D eigenvalue weighted by Gasteiger charge is 2.33. The number of unbranched alkanes of at least 4 members (excludes halogenated alkanes) is 1. The zero-order valence-electron chi connectivity index (χ0n) is 9.42. The van der Waals surface area contributed by atoms with Gasteiger partial charge in [-0.2, -0.15) is 0 Å². The van der Waals surface area contributed by atoms with Gasteiger partial charge in [0.25, 0.3) is 0 Å². The van der Waals surface area contributed by atoms with E-state index in [4.69, 9.17) is 0 Å². The van der Waals surface area contributed by atoms with Crippen molar-refractivity contribution in [2.24, 2.45) is 0 Å². The average molecular weight is 200 g/mol. The number of rotatable bonds is 6. The molecule has 1 aliphatic heterocycles. The minimum absolute atomic E-state index is 0.0132. The van der Waals surface area contributed by atoms with E-state index in [-0.39, 0.29) is 9.84 Å². The van der Waals surface area contributed by atoms with Crippen LogP contribution in [-0.2, 0) is 0 Å². The zero-order valence-corrected chi connectivity index (χ0v) is 10.8. The summed E-state index contributed by atoms with van der Waals surface area (Å²) in [5, 5.41) is 0. The first kappa shape index (κ1) is 11.2. The Morgan fingerprint density at radius 2 is 1.85 bits per heavy atom. The second kappa shape index (κ2) is 5.78. The maximum Gasteiger partial charge on any atom is 0.175 e. The van der Waals surface area contributed by atoms with Crippen molar-refractivity contribution in [3.63, 3.8) is 0 Å². The third kappa shape index (κ3) is 2.79. The van der Waals surface area contributed by atoms with Gasteiger partial charge in [0, 0.05) is 0 Å². The third-order valence-electron chi connectivity index (χ3n) is 2.94. The lowest BCUT2D eigenvalue weighted by Gasteiger charge is -2.51. The van der Waals surface area contributed by atoms with Crippen LogP contribution in [0.3, 0.4) is 0 Å². The highest BCUT2D eigenvalue weighted by atomic mass is 28.2. The molecule has 1 unspecified atom stereocenters. The lowest BCUT2D eigenvalue weighted by molar-refractivity contribution is 0.0889. The van der Waals surface area contributed by atoms with E-state index < -0.39 is 0 Å². The van der Waals surface area contributed by atoms with Gasteiger partial charge < -0.3 is 9.13 Å². The maximum absolute atomic E-state index is 2.75. The summed E-state index contributed by atoms with van der Waals surface area (Å²) < 4.78 is 5.46. The molecule has 1 heterocycles. The van der Waals surface area contributed by atoms with E-state index in [0.717, 1.165) is 6.17 Å². The van der Waals surface area contributed by atoms with Gasteiger partial charge in [-0.15, -0.1) is 0 Å². The van der Waals surface area contributed by atoms with Crippen LogP contribution in [-0.4, -0.2) is 38.2 Å². The maximum atomic E-state index is 2.75. The molecule has 0 saturated carbocycles. The van der Waals surface area contributed by atoms with E-state index in [0.29, 0.717) is 0 Å². The number of hydrogen-bond donors (Lipinski definition) is 0. The molecule has 0 aromatic rings. The molecule has 0 bridgehead atoms. The number of hydrogen-bond acceptors (Lipinski definition) is 2. The minimum Gasteiger partial charge on any atom is -0.302 e. The lowest BCUT2D eigenvalue weighted by atomic mass is 10.2. The SMILES string of the molecule is CCCCC1N(CC)[SiH2]N1CCC. The summed E-state index contributed by atoms with van der Waals surface area (Å²) in [6, 6.07) is 0. The smallest absolute Gasteiger partial charge is 0.175 e. The van der Waals surface area contributed by atoms with Gasteiger partial charge in [-0.05, 0) is 25.9 Å². The Kier molecular flexibility index (Phi) is 4.99. The zero-order chi connectivity index (χ0) is 9.68. The summed E-state index contributed by atoms with van der Waals surface area (Å²) in [5.74, 6) is 0. The van der Waals surface area contributed by atoms with Crippen LogP contribution in [0, 0.1) is 0 Å². The Morgan fingerprint density at radius 3 is 2.38 bits per heavy atom. The summed E-state index contributed by atoms with van der Waals surface area (Å²) in [7, 11) is 0.0132. The topological polar surface area (TPSA) is 6.48 Å². The molecular weight excluding hydrogens is 176 g/mol. The molecule has 1 fully saturated rings. The molecule has 0 spiro atoms. The molecule has 0 radical (unpaired) electrons. The highest BCUT2D eigenvalue weighted by Crippen LogP contribution is 2.21. The molecule has 1 atom stereocenters. The van der Waals surface area contributed by atoms with E-state index in [1.807, 2.05) is 0 Å². The Hall–Kier alpha value is 0.137. The number of nitrogens with zero attached hydrogens (tertiary/aromatic N) is 2. The molecule has 13 heavy (non-hydrogen) atoms. The molecular formula is C10H24N2Si. The van der Waals surface area contributed by atoms with Gasteiger partial charge in [0.2, 0.25) is 0 Å². The Balaban J connectivity index is 2.26. The van der Waals surface area contributed by atoms with Crippen LogP contribution < -0.4 is 0 Å². The predicted octanol–water partition coefficient (Wildman–Crippen LogP) is 1.55. The molecule has 1 aliphatic rings. The quantitative estimate of drug-likeness (QED) is 0.600. The lowest BCUT2D eigenvalue weighted by Crippen LogP contribution is -2.66. The van der Waals surface area contributed by atoms with Crippen molar-refractivity contribution in [3.8, 4) is 0 Å². The highest BCUT2D eigenvalue weighted by molar-refractivity contribution is 6.32. The van der Waals surface area contributed by atoms with Crippen LogP contribution in [0.1, 0.15) is 46.5 Å². The van der Waals surface area contributed by atoms with Crippen molar-refractivity contribution in [2.75, 3.05) is 13.1 Å². The summed E-state index contributed by atoms with van der Waals surface area (Å²) in [6.45, 7) is 9.50. The first-order chi connectivity index (χ1) is 6.33. The van der Waals surface area contributed by atoms with Gasteiger partial charge >= 0.3 is 0 Å². The van der Waals surface area contributed by atoms with Crippen LogP contribution in [0.2, 0.25) is 0 Å². The fraction of sp³-hybridized carbons (Fsp3) is 1.00. The fourth-order valence-electron chi connectivity index (χ4n) is 2.13. The van der Waals surface area contributed by atoms with E-state index in [2.05, 4.69) is 29.9 Å². The summed E-state index contributed by atoms with van der Waals surface area (Å²) in [6.07, 6.45) is 6.30. The van der Waals surface area contributed by atoms with Crippen molar-refractivity contribution in [2.45, 2.75) is 52.6 Å². The monoisotopic (exact) mass is 200 g/mol. The first-order valence-electron chi connectivity index (χ1n) is 5.81. The molecule has 0 aromatic carbocycles. The predicted molar refractivity (Wildman–Crippen MR) is 61.2 cm³/mol. The molecule has 0 amide bonds. The van der Waals surface area contributed by atoms with E-state index in [1.54, 1.807) is 0 Å². The van der Waals surface area contributed by atoms with E-state index in [1.165, 1.54) is 38.8 Å². The van der Waals surface area contributed by atoms with Crippen LogP contribution in [0.5, 0.6) is 0 Å². The molecule has 3 heteroatoms. The van der Waals surface area contributed by atoms with Crippen LogP contribution in [0.15, 0.2) is 0 Å². The summed E-state index contributed by atoms with van der Waals surface area (Å²) >= 11 is 0.